The van der Waals surface area contributed by atoms with Gasteiger partial charge in [0.2, 0.25) is 0 Å². The summed E-state index contributed by atoms with van der Waals surface area (Å²) in [5, 5.41) is 11.0. The molecular formula is C15H20N6O. The van der Waals surface area contributed by atoms with Crippen LogP contribution in [-0.4, -0.2) is 50.6 Å². The topological polar surface area (TPSA) is 89.9 Å². The molecule has 2 heterocycles. The quantitative estimate of drug-likeness (QED) is 0.904. The molecule has 22 heavy (non-hydrogen) atoms. The van der Waals surface area contributed by atoms with E-state index in [1.54, 1.807) is 4.68 Å². The summed E-state index contributed by atoms with van der Waals surface area (Å²) < 4.78 is 1.56. The molecule has 0 saturated carbocycles. The minimum absolute atomic E-state index is 0.0880. The van der Waals surface area contributed by atoms with Crippen molar-refractivity contribution in [2.75, 3.05) is 19.6 Å². The maximum atomic E-state index is 12.6. The molecular weight excluding hydrogens is 280 g/mol. The van der Waals surface area contributed by atoms with E-state index in [-0.39, 0.29) is 5.91 Å². The zero-order chi connectivity index (χ0) is 15.4. The molecule has 0 radical (unpaired) electrons. The first-order chi connectivity index (χ1) is 10.8. The monoisotopic (exact) mass is 300 g/mol. The van der Waals surface area contributed by atoms with Crippen molar-refractivity contribution >= 4 is 5.91 Å². The summed E-state index contributed by atoms with van der Waals surface area (Å²) in [6.45, 7) is 2.33. The predicted molar refractivity (Wildman–Crippen MR) is 81.5 cm³/mol. The third kappa shape index (κ3) is 3.14. The molecule has 1 amide bonds. The zero-order valence-electron chi connectivity index (χ0n) is 12.4. The largest absolute Gasteiger partial charge is 0.338 e. The Morgan fingerprint density at radius 3 is 2.82 bits per heavy atom. The van der Waals surface area contributed by atoms with Crippen LogP contribution in [0.5, 0.6) is 0 Å². The van der Waals surface area contributed by atoms with E-state index < -0.39 is 0 Å². The molecule has 1 aromatic heterocycles. The van der Waals surface area contributed by atoms with Gasteiger partial charge in [0.1, 0.15) is 6.33 Å². The van der Waals surface area contributed by atoms with E-state index in [4.69, 9.17) is 5.73 Å². The summed E-state index contributed by atoms with van der Waals surface area (Å²) in [7, 11) is 0. The number of aromatic nitrogens is 4. The van der Waals surface area contributed by atoms with Crippen molar-refractivity contribution < 1.29 is 4.79 Å². The van der Waals surface area contributed by atoms with E-state index in [9.17, 15) is 4.79 Å². The minimum Gasteiger partial charge on any atom is -0.338 e. The number of nitrogens with zero attached hydrogens (tertiary/aromatic N) is 5. The van der Waals surface area contributed by atoms with Crippen LogP contribution in [0.15, 0.2) is 30.6 Å². The van der Waals surface area contributed by atoms with Crippen LogP contribution < -0.4 is 5.73 Å². The van der Waals surface area contributed by atoms with Crippen molar-refractivity contribution in [2.45, 2.75) is 19.3 Å². The van der Waals surface area contributed by atoms with Gasteiger partial charge in [0, 0.05) is 18.7 Å². The summed E-state index contributed by atoms with van der Waals surface area (Å²) in [6.07, 6.45) is 4.74. The number of hydrogen-bond acceptors (Lipinski definition) is 5. The van der Waals surface area contributed by atoms with Crippen molar-refractivity contribution in [3.8, 4) is 5.69 Å². The fraction of sp³-hybridized carbons (Fsp3) is 0.467. The van der Waals surface area contributed by atoms with Gasteiger partial charge in [0.05, 0.1) is 5.69 Å². The molecule has 7 nitrogen and oxygen atoms in total. The van der Waals surface area contributed by atoms with Gasteiger partial charge in [-0.15, -0.1) is 5.10 Å². The molecule has 0 aliphatic carbocycles. The maximum absolute atomic E-state index is 12.6. The van der Waals surface area contributed by atoms with E-state index in [2.05, 4.69) is 15.5 Å². The Hall–Kier alpha value is -2.28. The van der Waals surface area contributed by atoms with Crippen LogP contribution in [0.25, 0.3) is 5.69 Å². The molecule has 1 aromatic carbocycles. The minimum atomic E-state index is 0.0880. The summed E-state index contributed by atoms with van der Waals surface area (Å²) in [6, 6.07) is 7.35. The third-order valence-corrected chi connectivity index (χ3v) is 4.11. The predicted octanol–water partition coefficient (Wildman–Crippen LogP) is 0.863. The highest BCUT2D eigenvalue weighted by molar-refractivity contribution is 5.94. The number of carbonyl (C=O) groups excluding carboxylic acids is 1. The number of amides is 1. The molecule has 1 aliphatic heterocycles. The van der Waals surface area contributed by atoms with Crippen LogP contribution in [0.3, 0.4) is 0 Å². The third-order valence-electron chi connectivity index (χ3n) is 4.11. The average Bonchev–Trinajstić information content (AvgIpc) is 3.09. The normalized spacial score (nSPS) is 18.4. The van der Waals surface area contributed by atoms with Crippen LogP contribution >= 0.6 is 0 Å². The molecule has 1 saturated heterocycles. The second-order valence-corrected chi connectivity index (χ2v) is 5.64. The molecule has 0 bridgehead atoms. The lowest BCUT2D eigenvalue weighted by atomic mass is 9.94. The summed E-state index contributed by atoms with van der Waals surface area (Å²) in [5.74, 6) is 0.619. The Labute approximate surface area is 129 Å². The van der Waals surface area contributed by atoms with E-state index in [1.807, 2.05) is 29.2 Å². The van der Waals surface area contributed by atoms with Crippen molar-refractivity contribution in [1.82, 2.24) is 25.1 Å². The fourth-order valence-electron chi connectivity index (χ4n) is 2.94. The van der Waals surface area contributed by atoms with Gasteiger partial charge < -0.3 is 10.6 Å². The highest BCUT2D eigenvalue weighted by Crippen LogP contribution is 2.21. The number of tetrazole rings is 1. The number of carbonyl (C=O) groups is 1. The lowest BCUT2D eigenvalue weighted by molar-refractivity contribution is 0.0669. The van der Waals surface area contributed by atoms with Crippen molar-refractivity contribution in [2.24, 2.45) is 11.7 Å². The number of rotatable bonds is 4. The molecule has 1 atom stereocenters. The van der Waals surface area contributed by atoms with Gasteiger partial charge in [0.15, 0.2) is 0 Å². The van der Waals surface area contributed by atoms with Gasteiger partial charge in [-0.2, -0.15) is 0 Å². The lowest BCUT2D eigenvalue weighted by Crippen LogP contribution is -2.40. The standard InChI is InChI=1S/C15H20N6O/c16-8-7-12-2-1-9-20(10-12)15(22)13-3-5-14(6-4-13)21-11-17-18-19-21/h3-6,11-12H,1-2,7-10,16H2. The van der Waals surface area contributed by atoms with Crippen LogP contribution in [0.1, 0.15) is 29.6 Å². The van der Waals surface area contributed by atoms with Crippen molar-refractivity contribution in [3.63, 3.8) is 0 Å². The SMILES string of the molecule is NCCC1CCCN(C(=O)c2ccc(-n3cnnn3)cc2)C1. The van der Waals surface area contributed by atoms with Crippen molar-refractivity contribution in [1.29, 1.82) is 0 Å². The van der Waals surface area contributed by atoms with Gasteiger partial charge >= 0.3 is 0 Å². The van der Waals surface area contributed by atoms with E-state index in [0.29, 0.717) is 18.0 Å². The summed E-state index contributed by atoms with van der Waals surface area (Å²) in [5.41, 5.74) is 7.17. The van der Waals surface area contributed by atoms with Gasteiger partial charge in [-0.25, -0.2) is 4.68 Å². The van der Waals surface area contributed by atoms with E-state index in [1.165, 1.54) is 12.7 Å². The van der Waals surface area contributed by atoms with Gasteiger partial charge in [0.25, 0.3) is 5.91 Å². The number of nitrogens with two attached hydrogens (primary N) is 1. The molecule has 1 fully saturated rings. The van der Waals surface area contributed by atoms with Crippen molar-refractivity contribution in [3.05, 3.63) is 36.2 Å². The highest BCUT2D eigenvalue weighted by atomic mass is 16.2. The summed E-state index contributed by atoms with van der Waals surface area (Å²) >= 11 is 0. The summed E-state index contributed by atoms with van der Waals surface area (Å²) in [4.78, 5) is 14.5. The average molecular weight is 300 g/mol. The van der Waals surface area contributed by atoms with Crippen LogP contribution in [0.4, 0.5) is 0 Å². The molecule has 2 aromatic rings. The molecule has 7 heteroatoms. The van der Waals surface area contributed by atoms with E-state index in [0.717, 1.165) is 31.6 Å². The highest BCUT2D eigenvalue weighted by Gasteiger charge is 2.23. The Bertz CT molecular complexity index is 607. The lowest BCUT2D eigenvalue weighted by Gasteiger charge is -2.32. The van der Waals surface area contributed by atoms with Crippen LogP contribution in [0, 0.1) is 5.92 Å². The number of piperidine rings is 1. The maximum Gasteiger partial charge on any atom is 0.253 e. The number of benzene rings is 1. The first kappa shape index (κ1) is 14.6. The molecule has 1 unspecified atom stereocenters. The Kier molecular flexibility index (Phi) is 4.43. The Balaban J connectivity index is 1.69. The second kappa shape index (κ2) is 6.65. The van der Waals surface area contributed by atoms with Gasteiger partial charge in [-0.1, -0.05) is 0 Å². The van der Waals surface area contributed by atoms with Gasteiger partial charge in [-0.05, 0) is 66.4 Å². The molecule has 2 N–H and O–H groups in total. The first-order valence-electron chi connectivity index (χ1n) is 7.60. The number of likely N-dealkylation sites (tertiary alicyclic amines) is 1. The fourth-order valence-corrected chi connectivity index (χ4v) is 2.94. The number of hydrogen-bond donors (Lipinski definition) is 1. The van der Waals surface area contributed by atoms with Gasteiger partial charge in [-0.3, -0.25) is 4.79 Å². The Morgan fingerprint density at radius 1 is 1.32 bits per heavy atom. The zero-order valence-corrected chi connectivity index (χ0v) is 12.4. The van der Waals surface area contributed by atoms with E-state index >= 15 is 0 Å². The molecule has 3 rings (SSSR count). The molecule has 116 valence electrons. The van der Waals surface area contributed by atoms with Crippen LogP contribution in [-0.2, 0) is 0 Å². The second-order valence-electron chi connectivity index (χ2n) is 5.64. The van der Waals surface area contributed by atoms with Crippen LogP contribution in [0.2, 0.25) is 0 Å². The smallest absolute Gasteiger partial charge is 0.253 e. The molecule has 1 aliphatic rings. The molecule has 0 spiro atoms. The Morgan fingerprint density at radius 2 is 2.14 bits per heavy atom. The first-order valence-corrected chi connectivity index (χ1v) is 7.60.